The number of anilines is 2. The van der Waals surface area contributed by atoms with Gasteiger partial charge in [-0.05, 0) is 30.3 Å². The van der Waals surface area contributed by atoms with Crippen LogP contribution in [0.5, 0.6) is 0 Å². The minimum absolute atomic E-state index is 0.0492. The lowest BCUT2D eigenvalue weighted by Gasteiger charge is -2.29. The summed E-state index contributed by atoms with van der Waals surface area (Å²) in [5, 5.41) is 3.46. The van der Waals surface area contributed by atoms with E-state index in [9.17, 15) is 9.59 Å². The number of ether oxygens (including phenoxy) is 1. The largest absolute Gasteiger partial charge is 0.378 e. The summed E-state index contributed by atoms with van der Waals surface area (Å²) in [6.45, 7) is 3.31. The molecule has 1 aliphatic rings. The lowest BCUT2D eigenvalue weighted by molar-refractivity contribution is -0.116. The summed E-state index contributed by atoms with van der Waals surface area (Å²) in [5.41, 5.74) is 2.46. The van der Waals surface area contributed by atoms with E-state index in [-0.39, 0.29) is 17.2 Å². The Hall–Kier alpha value is -2.35. The van der Waals surface area contributed by atoms with Crippen molar-refractivity contribution in [3.8, 4) is 0 Å². The molecule has 2 aromatic carbocycles. The van der Waals surface area contributed by atoms with Gasteiger partial charge in [0.05, 0.1) is 34.1 Å². The summed E-state index contributed by atoms with van der Waals surface area (Å²) in [6.07, 6.45) is 0.212. The number of aromatic nitrogens is 1. The number of nitrogens with one attached hydrogen (secondary N) is 1. The van der Waals surface area contributed by atoms with Gasteiger partial charge in [-0.1, -0.05) is 35.1 Å². The van der Waals surface area contributed by atoms with Gasteiger partial charge < -0.3 is 15.0 Å². The first-order valence-electron chi connectivity index (χ1n) is 9.12. The maximum absolute atomic E-state index is 12.4. The van der Waals surface area contributed by atoms with Gasteiger partial charge in [-0.3, -0.25) is 14.2 Å². The highest BCUT2D eigenvalue weighted by atomic mass is 35.5. The topological polar surface area (TPSA) is 63.6 Å². The SMILES string of the molecule is O=C(CCn1c(=O)sc2ccccc21)Nc1ccc(N2CCOCC2)c(Cl)c1. The number of halogens is 1. The lowest BCUT2D eigenvalue weighted by Crippen LogP contribution is -2.36. The van der Waals surface area contributed by atoms with E-state index >= 15 is 0 Å². The standard InChI is InChI=1S/C20H20ClN3O3S/c21-15-13-14(5-6-16(15)23-9-11-27-12-10-23)22-19(25)7-8-24-17-3-1-2-4-18(17)28-20(24)26/h1-6,13H,7-12H2,(H,22,25). The van der Waals surface area contributed by atoms with Gasteiger partial charge in [-0.15, -0.1) is 0 Å². The monoisotopic (exact) mass is 417 g/mol. The maximum Gasteiger partial charge on any atom is 0.308 e. The maximum atomic E-state index is 12.4. The van der Waals surface area contributed by atoms with Gasteiger partial charge in [0.15, 0.2) is 0 Å². The molecule has 6 nitrogen and oxygen atoms in total. The number of rotatable bonds is 5. The average Bonchev–Trinajstić information content (AvgIpc) is 3.02. The van der Waals surface area contributed by atoms with Crippen LogP contribution in [0.3, 0.4) is 0 Å². The average molecular weight is 418 g/mol. The van der Waals surface area contributed by atoms with E-state index in [1.807, 2.05) is 36.4 Å². The van der Waals surface area contributed by atoms with Crippen LogP contribution in [0.25, 0.3) is 10.2 Å². The summed E-state index contributed by atoms with van der Waals surface area (Å²) < 4.78 is 7.94. The Labute approximate surface area is 171 Å². The van der Waals surface area contributed by atoms with Gasteiger partial charge in [-0.2, -0.15) is 0 Å². The number of thiazole rings is 1. The molecule has 0 saturated carbocycles. The summed E-state index contributed by atoms with van der Waals surface area (Å²) in [7, 11) is 0. The highest BCUT2D eigenvalue weighted by Gasteiger charge is 2.15. The summed E-state index contributed by atoms with van der Waals surface area (Å²) in [6, 6.07) is 13.1. The van der Waals surface area contributed by atoms with Crippen LogP contribution in [0, 0.1) is 0 Å². The minimum atomic E-state index is -0.155. The van der Waals surface area contributed by atoms with Crippen LogP contribution in [0.2, 0.25) is 5.02 Å². The summed E-state index contributed by atoms with van der Waals surface area (Å²) in [5.74, 6) is -0.155. The Morgan fingerprint density at radius 3 is 2.75 bits per heavy atom. The number of morpholine rings is 1. The predicted octanol–water partition coefficient (Wildman–Crippen LogP) is 3.58. The van der Waals surface area contributed by atoms with Crippen molar-refractivity contribution in [1.29, 1.82) is 0 Å². The van der Waals surface area contributed by atoms with E-state index in [0.717, 1.165) is 29.0 Å². The van der Waals surface area contributed by atoms with Crippen molar-refractivity contribution in [2.24, 2.45) is 0 Å². The summed E-state index contributed by atoms with van der Waals surface area (Å²) in [4.78, 5) is 26.6. The third-order valence-corrected chi connectivity index (χ3v) is 5.98. The number of nitrogens with zero attached hydrogens (tertiary/aromatic N) is 2. The van der Waals surface area contributed by atoms with E-state index in [4.69, 9.17) is 16.3 Å². The summed E-state index contributed by atoms with van der Waals surface area (Å²) >= 11 is 7.61. The Morgan fingerprint density at radius 1 is 1.18 bits per heavy atom. The zero-order valence-electron chi connectivity index (χ0n) is 15.2. The minimum Gasteiger partial charge on any atom is -0.378 e. The first kappa shape index (κ1) is 19.0. The lowest BCUT2D eigenvalue weighted by atomic mass is 10.2. The molecule has 0 unspecified atom stereocenters. The van der Waals surface area contributed by atoms with Crippen molar-refractivity contribution in [3.63, 3.8) is 0 Å². The normalized spacial score (nSPS) is 14.4. The molecule has 0 aliphatic carbocycles. The number of benzene rings is 2. The second kappa shape index (κ2) is 8.34. The highest BCUT2D eigenvalue weighted by molar-refractivity contribution is 7.16. The first-order valence-corrected chi connectivity index (χ1v) is 10.3. The Balaban J connectivity index is 1.40. The highest BCUT2D eigenvalue weighted by Crippen LogP contribution is 2.29. The van der Waals surface area contributed by atoms with Crippen molar-refractivity contribution >= 4 is 50.4 Å². The smallest absolute Gasteiger partial charge is 0.308 e. The first-order chi connectivity index (χ1) is 13.6. The molecule has 3 aromatic rings. The molecule has 2 heterocycles. The molecule has 0 radical (unpaired) electrons. The molecule has 0 bridgehead atoms. The fourth-order valence-electron chi connectivity index (χ4n) is 3.31. The molecule has 1 aliphatic heterocycles. The van der Waals surface area contributed by atoms with Gasteiger partial charge in [0.25, 0.3) is 0 Å². The van der Waals surface area contributed by atoms with E-state index in [0.29, 0.717) is 30.5 Å². The Bertz CT molecular complexity index is 1060. The fourth-order valence-corrected chi connectivity index (χ4v) is 4.53. The van der Waals surface area contributed by atoms with Gasteiger partial charge in [0, 0.05) is 31.7 Å². The van der Waals surface area contributed by atoms with Crippen LogP contribution in [0.1, 0.15) is 6.42 Å². The second-order valence-electron chi connectivity index (χ2n) is 6.55. The molecule has 8 heteroatoms. The van der Waals surface area contributed by atoms with Crippen molar-refractivity contribution in [2.45, 2.75) is 13.0 Å². The molecule has 28 heavy (non-hydrogen) atoms. The second-order valence-corrected chi connectivity index (χ2v) is 7.95. The predicted molar refractivity (Wildman–Crippen MR) is 114 cm³/mol. The van der Waals surface area contributed by atoms with E-state index < -0.39 is 0 Å². The molecule has 1 saturated heterocycles. The van der Waals surface area contributed by atoms with Crippen molar-refractivity contribution in [3.05, 3.63) is 57.2 Å². The molecule has 1 fully saturated rings. The Kier molecular flexibility index (Phi) is 5.66. The molecule has 1 aromatic heterocycles. The number of carbonyl (C=O) groups excluding carboxylic acids is 1. The van der Waals surface area contributed by atoms with Crippen molar-refractivity contribution in [2.75, 3.05) is 36.5 Å². The molecular formula is C20H20ClN3O3S. The van der Waals surface area contributed by atoms with Crippen LogP contribution < -0.4 is 15.1 Å². The molecule has 1 amide bonds. The number of para-hydroxylation sites is 1. The molecular weight excluding hydrogens is 398 g/mol. The molecule has 0 spiro atoms. The number of fused-ring (bicyclic) bond motifs is 1. The number of amides is 1. The van der Waals surface area contributed by atoms with Crippen LogP contribution in [-0.4, -0.2) is 36.8 Å². The van der Waals surface area contributed by atoms with Gasteiger partial charge in [-0.25, -0.2) is 0 Å². The van der Waals surface area contributed by atoms with E-state index in [2.05, 4.69) is 10.2 Å². The van der Waals surface area contributed by atoms with Gasteiger partial charge in [0.1, 0.15) is 0 Å². The Morgan fingerprint density at radius 2 is 1.96 bits per heavy atom. The van der Waals surface area contributed by atoms with Crippen molar-refractivity contribution < 1.29 is 9.53 Å². The number of carbonyl (C=O) groups is 1. The van der Waals surface area contributed by atoms with Gasteiger partial charge >= 0.3 is 4.87 Å². The number of aryl methyl sites for hydroxylation is 1. The van der Waals surface area contributed by atoms with Crippen LogP contribution in [0.4, 0.5) is 11.4 Å². The molecule has 0 atom stereocenters. The van der Waals surface area contributed by atoms with Crippen LogP contribution in [-0.2, 0) is 16.1 Å². The van der Waals surface area contributed by atoms with E-state index in [1.165, 1.54) is 11.3 Å². The molecule has 1 N–H and O–H groups in total. The van der Waals surface area contributed by atoms with E-state index in [1.54, 1.807) is 10.6 Å². The number of hydrogen-bond donors (Lipinski definition) is 1. The quantitative estimate of drug-likeness (QED) is 0.689. The zero-order valence-corrected chi connectivity index (χ0v) is 16.8. The van der Waals surface area contributed by atoms with Crippen LogP contribution >= 0.6 is 22.9 Å². The number of hydrogen-bond acceptors (Lipinski definition) is 5. The van der Waals surface area contributed by atoms with Gasteiger partial charge in [0.2, 0.25) is 5.91 Å². The zero-order chi connectivity index (χ0) is 19.5. The molecule has 146 valence electrons. The van der Waals surface area contributed by atoms with Crippen molar-refractivity contribution in [1.82, 2.24) is 4.57 Å². The fraction of sp³-hybridized carbons (Fsp3) is 0.300. The molecule has 4 rings (SSSR count). The third kappa shape index (κ3) is 4.06. The third-order valence-electron chi connectivity index (χ3n) is 4.72. The van der Waals surface area contributed by atoms with Crippen LogP contribution in [0.15, 0.2) is 47.3 Å².